The zero-order valence-corrected chi connectivity index (χ0v) is 13.9. The predicted molar refractivity (Wildman–Crippen MR) is 89.0 cm³/mol. The van der Waals surface area contributed by atoms with Crippen LogP contribution in [0.3, 0.4) is 0 Å². The molecule has 0 aliphatic rings. The van der Waals surface area contributed by atoms with Gasteiger partial charge in [0, 0.05) is 19.2 Å². The van der Waals surface area contributed by atoms with E-state index >= 15 is 0 Å². The molecule has 0 aliphatic carbocycles. The minimum Gasteiger partial charge on any atom is -0.343 e. The maximum absolute atomic E-state index is 12.1. The lowest BCUT2D eigenvalue weighted by atomic mass is 10.1. The summed E-state index contributed by atoms with van der Waals surface area (Å²) in [6.45, 7) is 4.46. The van der Waals surface area contributed by atoms with Crippen LogP contribution in [0, 0.1) is 13.8 Å². The first-order valence-electron chi connectivity index (χ1n) is 7.07. The summed E-state index contributed by atoms with van der Waals surface area (Å²) >= 11 is 1.60. The zero-order chi connectivity index (χ0) is 16.1. The smallest absolute Gasteiger partial charge is 0.251 e. The number of nitrogens with zero attached hydrogens (tertiary/aromatic N) is 1. The van der Waals surface area contributed by atoms with E-state index in [1.807, 2.05) is 48.9 Å². The van der Waals surface area contributed by atoms with Crippen LogP contribution >= 0.6 is 11.3 Å². The molecule has 0 unspecified atom stereocenters. The summed E-state index contributed by atoms with van der Waals surface area (Å²) in [5.74, 6) is -0.326. The molecule has 22 heavy (non-hydrogen) atoms. The Balaban J connectivity index is 1.88. The Bertz CT molecular complexity index is 645. The van der Waals surface area contributed by atoms with Crippen LogP contribution in [0.15, 0.2) is 35.0 Å². The highest BCUT2D eigenvalue weighted by Gasteiger charge is 2.12. The third-order valence-electron chi connectivity index (χ3n) is 3.31. The number of benzene rings is 1. The molecule has 2 aromatic rings. The van der Waals surface area contributed by atoms with Crippen LogP contribution in [0.4, 0.5) is 0 Å². The van der Waals surface area contributed by atoms with Crippen LogP contribution in [0.1, 0.15) is 27.0 Å². The standard InChI is InChI=1S/C17H20N2O2S/c1-12-6-13(2)8-15(7-12)17(21)18-9-16(20)19(3)10-14-4-5-22-11-14/h4-8,11H,9-10H2,1-3H3,(H,18,21). The first-order chi connectivity index (χ1) is 10.5. The Kier molecular flexibility index (Phi) is 5.33. The number of likely N-dealkylation sites (N-methyl/N-ethyl adjacent to an activating group) is 1. The Morgan fingerprint density at radius 3 is 2.45 bits per heavy atom. The highest BCUT2D eigenvalue weighted by molar-refractivity contribution is 7.07. The predicted octanol–water partition coefficient (Wildman–Crippen LogP) is 2.75. The summed E-state index contributed by atoms with van der Waals surface area (Å²) in [5.41, 5.74) is 3.75. The first-order valence-corrected chi connectivity index (χ1v) is 8.01. The SMILES string of the molecule is Cc1cc(C)cc(C(=O)NCC(=O)N(C)Cc2ccsc2)c1. The summed E-state index contributed by atoms with van der Waals surface area (Å²) in [6, 6.07) is 7.64. The van der Waals surface area contributed by atoms with E-state index in [1.54, 1.807) is 23.3 Å². The lowest BCUT2D eigenvalue weighted by Gasteiger charge is -2.17. The highest BCUT2D eigenvalue weighted by Crippen LogP contribution is 2.09. The van der Waals surface area contributed by atoms with Crippen LogP contribution in [0.2, 0.25) is 0 Å². The summed E-state index contributed by atoms with van der Waals surface area (Å²) in [5, 5.41) is 6.68. The maximum atomic E-state index is 12.1. The molecule has 0 aliphatic heterocycles. The third-order valence-corrected chi connectivity index (χ3v) is 4.04. The van der Waals surface area contributed by atoms with Crippen molar-refractivity contribution >= 4 is 23.2 Å². The molecule has 0 fully saturated rings. The van der Waals surface area contributed by atoms with Crippen molar-refractivity contribution in [2.75, 3.05) is 13.6 Å². The molecular formula is C17H20N2O2S. The van der Waals surface area contributed by atoms with Gasteiger partial charge >= 0.3 is 0 Å². The average molecular weight is 316 g/mol. The quantitative estimate of drug-likeness (QED) is 0.922. The van der Waals surface area contributed by atoms with Gasteiger partial charge in [-0.2, -0.15) is 11.3 Å². The van der Waals surface area contributed by atoms with Gasteiger partial charge in [-0.05, 0) is 48.4 Å². The molecule has 1 aromatic heterocycles. The monoisotopic (exact) mass is 316 g/mol. The molecular weight excluding hydrogens is 296 g/mol. The molecule has 0 radical (unpaired) electrons. The van der Waals surface area contributed by atoms with Gasteiger partial charge in [0.1, 0.15) is 0 Å². The third kappa shape index (κ3) is 4.43. The number of rotatable bonds is 5. The molecule has 1 heterocycles. The number of aryl methyl sites for hydroxylation is 2. The second kappa shape index (κ2) is 7.22. The van der Waals surface area contributed by atoms with Gasteiger partial charge < -0.3 is 10.2 Å². The van der Waals surface area contributed by atoms with Gasteiger partial charge in [-0.1, -0.05) is 17.2 Å². The Morgan fingerprint density at radius 2 is 1.86 bits per heavy atom. The molecule has 1 N–H and O–H groups in total. The highest BCUT2D eigenvalue weighted by atomic mass is 32.1. The molecule has 0 spiro atoms. The fourth-order valence-electron chi connectivity index (χ4n) is 2.24. The number of carbonyl (C=O) groups is 2. The molecule has 5 heteroatoms. The normalized spacial score (nSPS) is 10.3. The van der Waals surface area contributed by atoms with Crippen molar-refractivity contribution in [1.82, 2.24) is 10.2 Å². The fraction of sp³-hybridized carbons (Fsp3) is 0.294. The Labute approximate surface area is 134 Å². The Morgan fingerprint density at radius 1 is 1.18 bits per heavy atom. The van der Waals surface area contributed by atoms with Crippen LogP contribution in [0.25, 0.3) is 0 Å². The van der Waals surface area contributed by atoms with E-state index in [-0.39, 0.29) is 18.4 Å². The molecule has 0 saturated heterocycles. The van der Waals surface area contributed by atoms with Crippen LogP contribution in [-0.4, -0.2) is 30.3 Å². The van der Waals surface area contributed by atoms with E-state index in [4.69, 9.17) is 0 Å². The zero-order valence-electron chi connectivity index (χ0n) is 13.1. The maximum Gasteiger partial charge on any atom is 0.251 e. The van der Waals surface area contributed by atoms with Crippen molar-refractivity contribution in [2.24, 2.45) is 0 Å². The van der Waals surface area contributed by atoms with Crippen molar-refractivity contribution in [2.45, 2.75) is 20.4 Å². The van der Waals surface area contributed by atoms with E-state index < -0.39 is 0 Å². The van der Waals surface area contributed by atoms with E-state index in [2.05, 4.69) is 5.32 Å². The van der Waals surface area contributed by atoms with Gasteiger partial charge in [0.2, 0.25) is 5.91 Å². The molecule has 0 bridgehead atoms. The van der Waals surface area contributed by atoms with Gasteiger partial charge in [0.25, 0.3) is 5.91 Å². The van der Waals surface area contributed by atoms with Gasteiger partial charge in [-0.15, -0.1) is 0 Å². The summed E-state index contributed by atoms with van der Waals surface area (Å²) in [4.78, 5) is 25.8. The molecule has 0 saturated carbocycles. The van der Waals surface area contributed by atoms with E-state index in [0.717, 1.165) is 16.7 Å². The van der Waals surface area contributed by atoms with Crippen LogP contribution in [-0.2, 0) is 11.3 Å². The molecule has 2 rings (SSSR count). The number of carbonyl (C=O) groups excluding carboxylic acids is 2. The largest absolute Gasteiger partial charge is 0.343 e. The molecule has 116 valence electrons. The summed E-state index contributed by atoms with van der Waals surface area (Å²) in [6.07, 6.45) is 0. The number of amides is 2. The Hall–Kier alpha value is -2.14. The van der Waals surface area contributed by atoms with Crippen LogP contribution in [0.5, 0.6) is 0 Å². The van der Waals surface area contributed by atoms with Crippen LogP contribution < -0.4 is 5.32 Å². The lowest BCUT2D eigenvalue weighted by molar-refractivity contribution is -0.129. The van der Waals surface area contributed by atoms with Crippen molar-refractivity contribution in [3.05, 3.63) is 57.3 Å². The van der Waals surface area contributed by atoms with Crippen molar-refractivity contribution in [3.8, 4) is 0 Å². The van der Waals surface area contributed by atoms with E-state index in [0.29, 0.717) is 12.1 Å². The fourth-order valence-corrected chi connectivity index (χ4v) is 2.90. The van der Waals surface area contributed by atoms with Crippen molar-refractivity contribution in [3.63, 3.8) is 0 Å². The minimum absolute atomic E-state index is 0.00641. The van der Waals surface area contributed by atoms with Gasteiger partial charge in [-0.25, -0.2) is 0 Å². The van der Waals surface area contributed by atoms with Crippen molar-refractivity contribution < 1.29 is 9.59 Å². The first kappa shape index (κ1) is 16.2. The number of hydrogen-bond acceptors (Lipinski definition) is 3. The molecule has 2 amide bonds. The summed E-state index contributed by atoms with van der Waals surface area (Å²) in [7, 11) is 1.74. The second-order valence-electron chi connectivity index (χ2n) is 5.44. The van der Waals surface area contributed by atoms with Gasteiger partial charge in [0.05, 0.1) is 6.54 Å². The number of nitrogens with one attached hydrogen (secondary N) is 1. The lowest BCUT2D eigenvalue weighted by Crippen LogP contribution is -2.37. The average Bonchev–Trinajstić information content (AvgIpc) is 2.96. The molecule has 1 aromatic carbocycles. The topological polar surface area (TPSA) is 49.4 Å². The van der Waals surface area contributed by atoms with Crippen molar-refractivity contribution in [1.29, 1.82) is 0 Å². The number of thiophene rings is 1. The number of hydrogen-bond donors (Lipinski definition) is 1. The van der Waals surface area contributed by atoms with Gasteiger partial charge in [0.15, 0.2) is 0 Å². The van der Waals surface area contributed by atoms with Gasteiger partial charge in [-0.3, -0.25) is 9.59 Å². The molecule has 4 nitrogen and oxygen atoms in total. The van der Waals surface area contributed by atoms with E-state index in [9.17, 15) is 9.59 Å². The van der Waals surface area contributed by atoms with E-state index in [1.165, 1.54) is 0 Å². The summed E-state index contributed by atoms with van der Waals surface area (Å²) < 4.78 is 0. The minimum atomic E-state index is -0.218. The molecule has 0 atom stereocenters. The second-order valence-corrected chi connectivity index (χ2v) is 6.22.